The van der Waals surface area contributed by atoms with Gasteiger partial charge >= 0.3 is 0 Å². The normalized spacial score (nSPS) is 16.8. The van der Waals surface area contributed by atoms with Gasteiger partial charge in [0.05, 0.1) is 6.61 Å². The Morgan fingerprint density at radius 2 is 2.00 bits per heavy atom. The Hall–Kier alpha value is -0.0800. The lowest BCUT2D eigenvalue weighted by molar-refractivity contribution is 0.118. The van der Waals surface area contributed by atoms with Crippen LogP contribution >= 0.6 is 0 Å². The maximum Gasteiger partial charge on any atom is 0.0619 e. The molecule has 0 rings (SSSR count). The Bertz CT molecular complexity index is 75.7. The highest BCUT2D eigenvalue weighted by Gasteiger charge is 2.09. The first kappa shape index (κ1) is 9.92. The Morgan fingerprint density at radius 1 is 1.40 bits per heavy atom. The summed E-state index contributed by atoms with van der Waals surface area (Å²) in [6.07, 6.45) is 1.13. The van der Waals surface area contributed by atoms with Crippen molar-refractivity contribution in [3.05, 3.63) is 0 Å². The smallest absolute Gasteiger partial charge is 0.0619 e. The number of rotatable bonds is 5. The molecule has 2 nitrogen and oxygen atoms in total. The van der Waals surface area contributed by atoms with E-state index in [1.54, 1.807) is 0 Å². The summed E-state index contributed by atoms with van der Waals surface area (Å²) in [5.74, 6) is 0.576. The third kappa shape index (κ3) is 3.85. The molecular weight excluding hydrogens is 126 g/mol. The van der Waals surface area contributed by atoms with Gasteiger partial charge in [0.25, 0.3) is 0 Å². The van der Waals surface area contributed by atoms with Gasteiger partial charge in [-0.05, 0) is 12.8 Å². The van der Waals surface area contributed by atoms with Gasteiger partial charge in [0.2, 0.25) is 0 Å². The quantitative estimate of drug-likeness (QED) is 0.634. The van der Waals surface area contributed by atoms with Gasteiger partial charge in [-0.15, -0.1) is 0 Å². The van der Waals surface area contributed by atoms with E-state index in [-0.39, 0.29) is 6.04 Å². The van der Waals surface area contributed by atoms with E-state index in [1.165, 1.54) is 0 Å². The van der Waals surface area contributed by atoms with Crippen molar-refractivity contribution in [1.82, 2.24) is 0 Å². The average molecular weight is 145 g/mol. The van der Waals surface area contributed by atoms with Crippen LogP contribution in [0.3, 0.4) is 0 Å². The Balaban J connectivity index is 3.31. The third-order valence-electron chi connectivity index (χ3n) is 1.89. The molecule has 0 heterocycles. The number of ether oxygens (including phenoxy) is 1. The zero-order chi connectivity index (χ0) is 7.98. The molecule has 0 bridgehead atoms. The van der Waals surface area contributed by atoms with Crippen LogP contribution in [0.1, 0.15) is 27.2 Å². The van der Waals surface area contributed by atoms with Gasteiger partial charge in [-0.2, -0.15) is 0 Å². The van der Waals surface area contributed by atoms with Crippen molar-refractivity contribution in [2.75, 3.05) is 13.2 Å². The van der Waals surface area contributed by atoms with Gasteiger partial charge in [0.1, 0.15) is 0 Å². The molecule has 0 aliphatic carbocycles. The predicted molar refractivity (Wildman–Crippen MR) is 43.9 cm³/mol. The minimum Gasteiger partial charge on any atom is -0.380 e. The topological polar surface area (TPSA) is 35.2 Å². The summed E-state index contributed by atoms with van der Waals surface area (Å²) in [6.45, 7) is 7.76. The third-order valence-corrected chi connectivity index (χ3v) is 1.89. The summed E-state index contributed by atoms with van der Waals surface area (Å²) in [5.41, 5.74) is 5.79. The van der Waals surface area contributed by atoms with Gasteiger partial charge in [-0.1, -0.05) is 20.3 Å². The monoisotopic (exact) mass is 145 g/mol. The average Bonchev–Trinajstić information content (AvgIpc) is 1.98. The van der Waals surface area contributed by atoms with Crippen molar-refractivity contribution in [3.63, 3.8) is 0 Å². The first-order valence-corrected chi connectivity index (χ1v) is 4.05. The first-order chi connectivity index (χ1) is 4.72. The maximum absolute atomic E-state index is 5.79. The zero-order valence-corrected chi connectivity index (χ0v) is 7.26. The standard InChI is InChI=1S/C8H19NO/c1-4-7(3)8(9)6-10-5-2/h7-8H,4-6,9H2,1-3H3. The first-order valence-electron chi connectivity index (χ1n) is 4.05. The molecule has 10 heavy (non-hydrogen) atoms. The molecule has 0 aromatic carbocycles. The van der Waals surface area contributed by atoms with E-state index >= 15 is 0 Å². The Labute approximate surface area is 63.7 Å². The van der Waals surface area contributed by atoms with Crippen LogP contribution in [0.25, 0.3) is 0 Å². The summed E-state index contributed by atoms with van der Waals surface area (Å²) in [4.78, 5) is 0. The highest BCUT2D eigenvalue weighted by Crippen LogP contribution is 2.04. The van der Waals surface area contributed by atoms with Gasteiger partial charge < -0.3 is 10.5 Å². The molecule has 0 aliphatic rings. The van der Waals surface area contributed by atoms with Crippen molar-refractivity contribution >= 4 is 0 Å². The lowest BCUT2D eigenvalue weighted by Gasteiger charge is -2.17. The van der Waals surface area contributed by atoms with Crippen molar-refractivity contribution in [2.24, 2.45) is 11.7 Å². The summed E-state index contributed by atoms with van der Waals surface area (Å²) in [7, 11) is 0. The van der Waals surface area contributed by atoms with Crippen LogP contribution in [0.2, 0.25) is 0 Å². The molecule has 0 aromatic heterocycles. The molecule has 0 radical (unpaired) electrons. The van der Waals surface area contributed by atoms with Crippen molar-refractivity contribution in [1.29, 1.82) is 0 Å². The molecule has 2 heteroatoms. The molecule has 0 aromatic rings. The van der Waals surface area contributed by atoms with Crippen LogP contribution in [0, 0.1) is 5.92 Å². The molecule has 2 unspecified atom stereocenters. The lowest BCUT2D eigenvalue weighted by atomic mass is 10.0. The van der Waals surface area contributed by atoms with E-state index in [0.717, 1.165) is 13.0 Å². The van der Waals surface area contributed by atoms with Gasteiger partial charge in [-0.3, -0.25) is 0 Å². The Kier molecular flexibility index (Phi) is 5.64. The summed E-state index contributed by atoms with van der Waals surface area (Å²) >= 11 is 0. The fraction of sp³-hybridized carbons (Fsp3) is 1.00. The number of hydrogen-bond donors (Lipinski definition) is 1. The number of nitrogens with two attached hydrogens (primary N) is 1. The molecule has 0 spiro atoms. The second-order valence-electron chi connectivity index (χ2n) is 2.71. The van der Waals surface area contributed by atoms with Crippen LogP contribution in [-0.2, 0) is 4.74 Å². The second kappa shape index (κ2) is 5.69. The zero-order valence-electron chi connectivity index (χ0n) is 7.26. The van der Waals surface area contributed by atoms with E-state index in [0.29, 0.717) is 12.5 Å². The van der Waals surface area contributed by atoms with Gasteiger partial charge in [0, 0.05) is 12.6 Å². The molecule has 0 amide bonds. The SMILES string of the molecule is CCOCC(N)C(C)CC. The van der Waals surface area contributed by atoms with E-state index < -0.39 is 0 Å². The molecule has 2 N–H and O–H groups in total. The summed E-state index contributed by atoms with van der Waals surface area (Å²) < 4.78 is 5.19. The fourth-order valence-electron chi connectivity index (χ4n) is 0.721. The van der Waals surface area contributed by atoms with E-state index in [1.807, 2.05) is 6.92 Å². The predicted octanol–water partition coefficient (Wildman–Crippen LogP) is 1.40. The lowest BCUT2D eigenvalue weighted by Crippen LogP contribution is -2.32. The van der Waals surface area contributed by atoms with Crippen molar-refractivity contribution in [3.8, 4) is 0 Å². The highest BCUT2D eigenvalue weighted by atomic mass is 16.5. The van der Waals surface area contributed by atoms with Crippen molar-refractivity contribution < 1.29 is 4.74 Å². The minimum atomic E-state index is 0.213. The molecule has 0 aliphatic heterocycles. The second-order valence-corrected chi connectivity index (χ2v) is 2.71. The highest BCUT2D eigenvalue weighted by molar-refractivity contribution is 4.66. The summed E-state index contributed by atoms with van der Waals surface area (Å²) in [5, 5.41) is 0. The van der Waals surface area contributed by atoms with Crippen LogP contribution in [0.15, 0.2) is 0 Å². The van der Waals surface area contributed by atoms with E-state index in [9.17, 15) is 0 Å². The van der Waals surface area contributed by atoms with Crippen molar-refractivity contribution in [2.45, 2.75) is 33.2 Å². The van der Waals surface area contributed by atoms with Gasteiger partial charge in [-0.25, -0.2) is 0 Å². The molecule has 2 atom stereocenters. The minimum absolute atomic E-state index is 0.213. The maximum atomic E-state index is 5.79. The summed E-state index contributed by atoms with van der Waals surface area (Å²) in [6, 6.07) is 0.213. The molecular formula is C8H19NO. The van der Waals surface area contributed by atoms with Crippen LogP contribution < -0.4 is 5.73 Å². The van der Waals surface area contributed by atoms with Gasteiger partial charge in [0.15, 0.2) is 0 Å². The largest absolute Gasteiger partial charge is 0.380 e. The Morgan fingerprint density at radius 3 is 2.40 bits per heavy atom. The van der Waals surface area contributed by atoms with Crippen LogP contribution in [-0.4, -0.2) is 19.3 Å². The fourth-order valence-corrected chi connectivity index (χ4v) is 0.721. The van der Waals surface area contributed by atoms with E-state index in [4.69, 9.17) is 10.5 Å². The molecule has 62 valence electrons. The van der Waals surface area contributed by atoms with Crippen LogP contribution in [0.5, 0.6) is 0 Å². The van der Waals surface area contributed by atoms with E-state index in [2.05, 4.69) is 13.8 Å². The number of hydrogen-bond acceptors (Lipinski definition) is 2. The molecule has 0 saturated carbocycles. The molecule has 0 fully saturated rings. The molecule has 0 saturated heterocycles. The van der Waals surface area contributed by atoms with Crippen LogP contribution in [0.4, 0.5) is 0 Å².